The van der Waals surface area contributed by atoms with E-state index < -0.39 is 0 Å². The topological polar surface area (TPSA) is 125 Å². The first-order valence-corrected chi connectivity index (χ1v) is 16.5. The Balaban J connectivity index is 1.10. The van der Waals surface area contributed by atoms with Crippen molar-refractivity contribution >= 4 is 45.9 Å². The van der Waals surface area contributed by atoms with Crippen LogP contribution in [0.25, 0.3) is 27.8 Å². The van der Waals surface area contributed by atoms with Crippen molar-refractivity contribution in [1.29, 1.82) is 0 Å². The lowest BCUT2D eigenvalue weighted by Crippen LogP contribution is -2.43. The van der Waals surface area contributed by atoms with Crippen LogP contribution < -0.4 is 26.2 Å². The average Bonchev–Trinajstić information content (AvgIpc) is 3.54. The number of nitrogens with one attached hydrogen (secondary N) is 4. The van der Waals surface area contributed by atoms with Crippen LogP contribution in [0.2, 0.25) is 0 Å². The predicted octanol–water partition coefficient (Wildman–Crippen LogP) is 7.28. The zero-order chi connectivity index (χ0) is 34.0. The summed E-state index contributed by atoms with van der Waals surface area (Å²) in [4.78, 5) is 29.8. The average molecular weight is 653 g/mol. The van der Waals surface area contributed by atoms with Gasteiger partial charge in [0.25, 0.3) is 0 Å². The number of carbonyl (C=O) groups excluding carboxylic acids is 1. The SMILES string of the molecule is Cc1ccc(NC(=O)Nc2cc(C(C)(C)C)nn2-c2ccc3nc(N4CCNCC4)ccc3c2)cc1Nc1nccc(-c2ccccc2)n1. The third-order valence-corrected chi connectivity index (χ3v) is 8.53. The molecule has 3 aromatic carbocycles. The van der Waals surface area contributed by atoms with Gasteiger partial charge in [-0.25, -0.2) is 24.4 Å². The Kier molecular flexibility index (Phi) is 8.66. The van der Waals surface area contributed by atoms with Gasteiger partial charge in [0.2, 0.25) is 5.95 Å². The van der Waals surface area contributed by atoms with Crippen LogP contribution in [0, 0.1) is 6.92 Å². The number of carbonyl (C=O) groups is 1. The fourth-order valence-electron chi connectivity index (χ4n) is 5.76. The van der Waals surface area contributed by atoms with Crippen molar-refractivity contribution in [2.45, 2.75) is 33.1 Å². The second-order valence-corrected chi connectivity index (χ2v) is 13.2. The van der Waals surface area contributed by atoms with Gasteiger partial charge in [-0.1, -0.05) is 57.2 Å². The zero-order valence-electron chi connectivity index (χ0n) is 28.2. The number of fused-ring (bicyclic) bond motifs is 1. The van der Waals surface area contributed by atoms with Crippen LogP contribution in [0.4, 0.5) is 33.8 Å². The largest absolute Gasteiger partial charge is 0.354 e. The van der Waals surface area contributed by atoms with E-state index >= 15 is 0 Å². The molecule has 2 amide bonds. The third-order valence-electron chi connectivity index (χ3n) is 8.53. The van der Waals surface area contributed by atoms with Gasteiger partial charge in [0.15, 0.2) is 0 Å². The number of pyridine rings is 1. The first kappa shape index (κ1) is 31.8. The van der Waals surface area contributed by atoms with Crippen LogP contribution in [0.3, 0.4) is 0 Å². The van der Waals surface area contributed by atoms with Crippen LogP contribution >= 0.6 is 0 Å². The number of piperazine rings is 1. The van der Waals surface area contributed by atoms with Gasteiger partial charge in [-0.15, -0.1) is 0 Å². The number of nitrogens with zero attached hydrogens (tertiary/aromatic N) is 6. The highest BCUT2D eigenvalue weighted by atomic mass is 16.2. The van der Waals surface area contributed by atoms with Gasteiger partial charge in [0, 0.05) is 66.2 Å². The molecule has 0 unspecified atom stereocenters. The number of aromatic nitrogens is 5. The molecule has 4 heterocycles. The molecule has 11 heteroatoms. The monoisotopic (exact) mass is 652 g/mol. The highest BCUT2D eigenvalue weighted by Crippen LogP contribution is 2.29. The van der Waals surface area contributed by atoms with Crippen molar-refractivity contribution in [1.82, 2.24) is 30.0 Å². The molecule has 3 aromatic heterocycles. The third kappa shape index (κ3) is 7.21. The molecule has 0 radical (unpaired) electrons. The summed E-state index contributed by atoms with van der Waals surface area (Å²) in [5.74, 6) is 2.01. The Bertz CT molecular complexity index is 2110. The van der Waals surface area contributed by atoms with Gasteiger partial charge >= 0.3 is 6.03 Å². The van der Waals surface area contributed by atoms with E-state index in [2.05, 4.69) is 70.1 Å². The minimum Gasteiger partial charge on any atom is -0.354 e. The maximum Gasteiger partial charge on any atom is 0.324 e. The highest BCUT2D eigenvalue weighted by molar-refractivity contribution is 6.00. The first-order valence-electron chi connectivity index (χ1n) is 16.5. The predicted molar refractivity (Wildman–Crippen MR) is 197 cm³/mol. The molecule has 1 fully saturated rings. The Hall–Kier alpha value is -5.81. The van der Waals surface area contributed by atoms with Crippen molar-refractivity contribution in [3.8, 4) is 16.9 Å². The number of aryl methyl sites for hydroxylation is 1. The first-order chi connectivity index (χ1) is 23.7. The molecule has 1 aliphatic rings. The van der Waals surface area contributed by atoms with Gasteiger partial charge in [0.1, 0.15) is 11.6 Å². The van der Waals surface area contributed by atoms with Crippen LogP contribution in [0.1, 0.15) is 32.0 Å². The molecule has 0 atom stereocenters. The zero-order valence-corrected chi connectivity index (χ0v) is 28.2. The van der Waals surface area contributed by atoms with Gasteiger partial charge in [-0.05, 0) is 61.0 Å². The van der Waals surface area contributed by atoms with Crippen LogP contribution in [-0.2, 0) is 5.41 Å². The summed E-state index contributed by atoms with van der Waals surface area (Å²) in [6.07, 6.45) is 1.73. The van der Waals surface area contributed by atoms with Crippen molar-refractivity contribution < 1.29 is 4.79 Å². The minimum atomic E-state index is -0.387. The normalized spacial score (nSPS) is 13.3. The molecule has 0 spiro atoms. The van der Waals surface area contributed by atoms with Gasteiger partial charge in [-0.3, -0.25) is 5.32 Å². The van der Waals surface area contributed by atoms with E-state index in [0.717, 1.165) is 76.8 Å². The van der Waals surface area contributed by atoms with Crippen molar-refractivity contribution in [3.05, 3.63) is 108 Å². The number of anilines is 5. The van der Waals surface area contributed by atoms with E-state index in [1.54, 1.807) is 10.9 Å². The van der Waals surface area contributed by atoms with E-state index in [9.17, 15) is 4.79 Å². The number of rotatable bonds is 7. The number of benzene rings is 3. The maximum absolute atomic E-state index is 13.5. The van der Waals surface area contributed by atoms with Crippen molar-refractivity contribution in [2.75, 3.05) is 47.0 Å². The van der Waals surface area contributed by atoms with Crippen LogP contribution in [-0.4, -0.2) is 56.9 Å². The lowest BCUT2D eigenvalue weighted by molar-refractivity contribution is 0.262. The number of hydrogen-bond donors (Lipinski definition) is 4. The summed E-state index contributed by atoms with van der Waals surface area (Å²) in [7, 11) is 0. The molecule has 4 N–H and O–H groups in total. The molecular formula is C38H40N10O. The molecule has 0 saturated carbocycles. The van der Waals surface area contributed by atoms with Crippen LogP contribution in [0.15, 0.2) is 97.2 Å². The molecule has 6 aromatic rings. The highest BCUT2D eigenvalue weighted by Gasteiger charge is 2.22. The summed E-state index contributed by atoms with van der Waals surface area (Å²) in [6, 6.07) is 29.3. The second-order valence-electron chi connectivity index (χ2n) is 13.2. The summed E-state index contributed by atoms with van der Waals surface area (Å²) >= 11 is 0. The molecule has 11 nitrogen and oxygen atoms in total. The van der Waals surface area contributed by atoms with E-state index in [1.807, 2.05) is 79.7 Å². The Morgan fingerprint density at radius 3 is 2.47 bits per heavy atom. The van der Waals surface area contributed by atoms with Crippen LogP contribution in [0.5, 0.6) is 0 Å². The number of amides is 2. The van der Waals surface area contributed by atoms with Gasteiger partial charge < -0.3 is 20.9 Å². The van der Waals surface area contributed by atoms with Gasteiger partial charge in [0.05, 0.1) is 22.6 Å². The molecular weight excluding hydrogens is 612 g/mol. The molecule has 49 heavy (non-hydrogen) atoms. The van der Waals surface area contributed by atoms with Crippen molar-refractivity contribution in [2.24, 2.45) is 0 Å². The lowest BCUT2D eigenvalue weighted by atomic mass is 9.92. The molecule has 7 rings (SSSR count). The summed E-state index contributed by atoms with van der Waals surface area (Å²) in [5.41, 5.74) is 6.58. The second kappa shape index (κ2) is 13.4. The van der Waals surface area contributed by atoms with E-state index in [4.69, 9.17) is 15.1 Å². The summed E-state index contributed by atoms with van der Waals surface area (Å²) in [6.45, 7) is 12.1. The molecule has 0 aliphatic carbocycles. The Morgan fingerprint density at radius 1 is 0.857 bits per heavy atom. The number of urea groups is 1. The molecule has 1 aliphatic heterocycles. The van der Waals surface area contributed by atoms with Crippen molar-refractivity contribution in [3.63, 3.8) is 0 Å². The Labute approximate surface area is 285 Å². The molecule has 0 bridgehead atoms. The summed E-state index contributed by atoms with van der Waals surface area (Å²) in [5, 5.41) is 18.6. The fraction of sp³-hybridized carbons (Fsp3) is 0.237. The molecule has 248 valence electrons. The van der Waals surface area contributed by atoms with E-state index in [-0.39, 0.29) is 11.4 Å². The summed E-state index contributed by atoms with van der Waals surface area (Å²) < 4.78 is 1.78. The standard InChI is InChI=1S/C38H40N10O/c1-25-10-12-28(23-32(25)44-36-40-17-16-31(43-36)26-8-6-5-7-9-26)41-37(49)45-35-24-33(38(2,3)4)46-48(35)29-13-14-30-27(22-29)11-15-34(42-30)47-20-18-39-19-21-47/h5-17,22-24,39H,18-21H2,1-4H3,(H,40,43,44)(H2,41,45,49). The maximum atomic E-state index is 13.5. The van der Waals surface area contributed by atoms with E-state index in [0.29, 0.717) is 17.5 Å². The van der Waals surface area contributed by atoms with Gasteiger partial charge in [-0.2, -0.15) is 5.10 Å². The lowest BCUT2D eigenvalue weighted by Gasteiger charge is -2.28. The number of hydrogen-bond acceptors (Lipinski definition) is 8. The Morgan fingerprint density at radius 2 is 1.67 bits per heavy atom. The fourth-order valence-corrected chi connectivity index (χ4v) is 5.76. The smallest absolute Gasteiger partial charge is 0.324 e. The van der Waals surface area contributed by atoms with E-state index in [1.165, 1.54) is 0 Å². The minimum absolute atomic E-state index is 0.230. The quantitative estimate of drug-likeness (QED) is 0.142. The molecule has 1 saturated heterocycles.